The molecule has 0 aliphatic carbocycles. The number of carbonyl (C=O) groups excluding carboxylic acids is 1. The summed E-state index contributed by atoms with van der Waals surface area (Å²) in [5, 5.41) is 3.29. The van der Waals surface area contributed by atoms with Crippen LogP contribution in [0.2, 0.25) is 5.15 Å². The molecule has 19 heavy (non-hydrogen) atoms. The lowest BCUT2D eigenvalue weighted by Gasteiger charge is -2.16. The van der Waals surface area contributed by atoms with Crippen LogP contribution in [0.4, 0.5) is 5.69 Å². The highest BCUT2D eigenvalue weighted by Crippen LogP contribution is 2.18. The molecule has 0 saturated heterocycles. The molecule has 3 N–H and O–H groups in total. The molecule has 1 aromatic heterocycles. The van der Waals surface area contributed by atoms with Gasteiger partial charge in [-0.05, 0) is 43.4 Å². The minimum Gasteiger partial charge on any atom is -0.330 e. The van der Waals surface area contributed by atoms with Crippen LogP contribution >= 0.6 is 11.6 Å². The number of nitrogens with zero attached hydrogens (tertiary/aromatic N) is 1. The molecular formula is C14H22ClN3O. The predicted molar refractivity (Wildman–Crippen MR) is 79.2 cm³/mol. The van der Waals surface area contributed by atoms with Gasteiger partial charge < -0.3 is 11.1 Å². The summed E-state index contributed by atoms with van der Waals surface area (Å²) in [4.78, 5) is 15.9. The van der Waals surface area contributed by atoms with Gasteiger partial charge in [-0.2, -0.15) is 0 Å². The third-order valence-corrected chi connectivity index (χ3v) is 3.31. The van der Waals surface area contributed by atoms with Gasteiger partial charge >= 0.3 is 0 Å². The molecule has 0 aromatic carbocycles. The number of aromatic nitrogens is 1. The average Bonchev–Trinajstić information content (AvgIpc) is 2.32. The molecule has 0 saturated carbocycles. The Morgan fingerprint density at radius 2 is 2.21 bits per heavy atom. The van der Waals surface area contributed by atoms with E-state index in [1.54, 1.807) is 6.20 Å². The Labute approximate surface area is 119 Å². The lowest BCUT2D eigenvalue weighted by Crippen LogP contribution is -2.23. The lowest BCUT2D eigenvalue weighted by molar-refractivity contribution is -0.117. The Hall–Kier alpha value is -1.13. The molecule has 0 aliphatic rings. The molecule has 1 heterocycles. The smallest absolute Gasteiger partial charge is 0.224 e. The van der Waals surface area contributed by atoms with E-state index >= 15 is 0 Å². The van der Waals surface area contributed by atoms with E-state index in [0.717, 1.165) is 12.0 Å². The maximum absolute atomic E-state index is 11.9. The number of hydrogen-bond donors (Lipinski definition) is 2. The first kappa shape index (κ1) is 15.9. The zero-order chi connectivity index (χ0) is 14.4. The van der Waals surface area contributed by atoms with Gasteiger partial charge in [0.2, 0.25) is 5.91 Å². The van der Waals surface area contributed by atoms with Gasteiger partial charge in [-0.25, -0.2) is 4.98 Å². The van der Waals surface area contributed by atoms with E-state index in [1.807, 2.05) is 13.0 Å². The van der Waals surface area contributed by atoms with Gasteiger partial charge in [0.15, 0.2) is 0 Å². The first-order valence-electron chi connectivity index (χ1n) is 6.54. The Balaban J connectivity index is 2.56. The molecule has 1 amide bonds. The van der Waals surface area contributed by atoms with Crippen LogP contribution in [-0.4, -0.2) is 17.4 Å². The fraction of sp³-hybridized carbons (Fsp3) is 0.571. The zero-order valence-electron chi connectivity index (χ0n) is 11.7. The van der Waals surface area contributed by atoms with Crippen molar-refractivity contribution >= 4 is 23.2 Å². The largest absolute Gasteiger partial charge is 0.330 e. The standard InChI is InChI=1S/C14H22ClN3O/c1-9(2)4-11(7-16)6-13(19)18-12-5-10(3)14(15)17-8-12/h5,8-9,11H,4,6-7,16H2,1-3H3,(H,18,19). The van der Waals surface area contributed by atoms with Gasteiger partial charge in [0.1, 0.15) is 5.15 Å². The van der Waals surface area contributed by atoms with Gasteiger partial charge in [0.25, 0.3) is 0 Å². The first-order chi connectivity index (χ1) is 8.92. The molecule has 1 rings (SSSR count). The van der Waals surface area contributed by atoms with E-state index in [2.05, 4.69) is 24.1 Å². The Morgan fingerprint density at radius 3 is 2.74 bits per heavy atom. The fourth-order valence-electron chi connectivity index (χ4n) is 2.03. The van der Waals surface area contributed by atoms with Crippen LogP contribution in [0.15, 0.2) is 12.3 Å². The van der Waals surface area contributed by atoms with Crippen LogP contribution in [0.1, 0.15) is 32.3 Å². The lowest BCUT2D eigenvalue weighted by atomic mass is 9.94. The molecule has 106 valence electrons. The highest BCUT2D eigenvalue weighted by molar-refractivity contribution is 6.30. The van der Waals surface area contributed by atoms with Crippen LogP contribution in [-0.2, 0) is 4.79 Å². The number of pyridine rings is 1. The number of hydrogen-bond acceptors (Lipinski definition) is 3. The number of anilines is 1. The fourth-order valence-corrected chi connectivity index (χ4v) is 2.13. The number of nitrogens with one attached hydrogen (secondary N) is 1. The molecule has 0 fully saturated rings. The summed E-state index contributed by atoms with van der Waals surface area (Å²) < 4.78 is 0. The van der Waals surface area contributed by atoms with Gasteiger partial charge in [0.05, 0.1) is 11.9 Å². The highest BCUT2D eigenvalue weighted by Gasteiger charge is 2.14. The normalized spacial score (nSPS) is 12.5. The molecule has 5 heteroatoms. The van der Waals surface area contributed by atoms with Crippen LogP contribution in [0, 0.1) is 18.8 Å². The van der Waals surface area contributed by atoms with Crippen LogP contribution in [0.25, 0.3) is 0 Å². The molecular weight excluding hydrogens is 262 g/mol. The van der Waals surface area contributed by atoms with Crippen molar-refractivity contribution < 1.29 is 4.79 Å². The van der Waals surface area contributed by atoms with Crippen molar-refractivity contribution in [2.75, 3.05) is 11.9 Å². The van der Waals surface area contributed by atoms with Crippen molar-refractivity contribution in [3.8, 4) is 0 Å². The molecule has 4 nitrogen and oxygen atoms in total. The summed E-state index contributed by atoms with van der Waals surface area (Å²) in [6, 6.07) is 1.81. The van der Waals surface area contributed by atoms with Crippen molar-refractivity contribution in [1.82, 2.24) is 4.98 Å². The summed E-state index contributed by atoms with van der Waals surface area (Å²) in [5.74, 6) is 0.738. The van der Waals surface area contributed by atoms with E-state index in [0.29, 0.717) is 29.7 Å². The topological polar surface area (TPSA) is 68.0 Å². The second-order valence-electron chi connectivity index (χ2n) is 5.32. The van der Waals surface area contributed by atoms with Gasteiger partial charge in [0, 0.05) is 6.42 Å². The Bertz CT molecular complexity index is 435. The number of rotatable bonds is 6. The zero-order valence-corrected chi connectivity index (χ0v) is 12.5. The van der Waals surface area contributed by atoms with Crippen molar-refractivity contribution in [1.29, 1.82) is 0 Å². The molecule has 0 aliphatic heterocycles. The third kappa shape index (κ3) is 5.57. The SMILES string of the molecule is Cc1cc(NC(=O)CC(CN)CC(C)C)cnc1Cl. The van der Waals surface area contributed by atoms with Crippen molar-refractivity contribution in [3.63, 3.8) is 0 Å². The Kier molecular flexibility index (Phi) is 6.25. The highest BCUT2D eigenvalue weighted by atomic mass is 35.5. The third-order valence-electron chi connectivity index (χ3n) is 2.91. The molecule has 1 unspecified atom stereocenters. The van der Waals surface area contributed by atoms with E-state index in [9.17, 15) is 4.79 Å². The van der Waals surface area contributed by atoms with Crippen molar-refractivity contribution in [2.24, 2.45) is 17.6 Å². The summed E-state index contributed by atoms with van der Waals surface area (Å²) >= 11 is 5.84. The van der Waals surface area contributed by atoms with E-state index in [1.165, 1.54) is 0 Å². The first-order valence-corrected chi connectivity index (χ1v) is 6.92. The van der Waals surface area contributed by atoms with Gasteiger partial charge in [-0.1, -0.05) is 25.4 Å². The second kappa shape index (κ2) is 7.46. The monoisotopic (exact) mass is 283 g/mol. The maximum Gasteiger partial charge on any atom is 0.224 e. The van der Waals surface area contributed by atoms with Crippen LogP contribution in [0.5, 0.6) is 0 Å². The minimum atomic E-state index is -0.0281. The molecule has 1 atom stereocenters. The summed E-state index contributed by atoms with van der Waals surface area (Å²) in [5.41, 5.74) is 7.21. The predicted octanol–water partition coefficient (Wildman–Crippen LogP) is 2.99. The number of amides is 1. The number of nitrogens with two attached hydrogens (primary N) is 1. The average molecular weight is 284 g/mol. The maximum atomic E-state index is 11.9. The van der Waals surface area contributed by atoms with E-state index in [-0.39, 0.29) is 11.8 Å². The number of aryl methyl sites for hydroxylation is 1. The minimum absolute atomic E-state index is 0.0281. The number of halogens is 1. The summed E-state index contributed by atoms with van der Waals surface area (Å²) in [6.45, 7) is 6.65. The summed E-state index contributed by atoms with van der Waals surface area (Å²) in [7, 11) is 0. The van der Waals surface area contributed by atoms with Crippen molar-refractivity contribution in [3.05, 3.63) is 23.0 Å². The van der Waals surface area contributed by atoms with Gasteiger partial charge in [-0.15, -0.1) is 0 Å². The summed E-state index contributed by atoms with van der Waals surface area (Å²) in [6.07, 6.45) is 2.96. The quantitative estimate of drug-likeness (QED) is 0.789. The van der Waals surface area contributed by atoms with Gasteiger partial charge in [-0.3, -0.25) is 4.79 Å². The van der Waals surface area contributed by atoms with E-state index in [4.69, 9.17) is 17.3 Å². The number of carbonyl (C=O) groups is 1. The molecule has 0 bridgehead atoms. The molecule has 1 aromatic rings. The van der Waals surface area contributed by atoms with Crippen LogP contribution in [0.3, 0.4) is 0 Å². The van der Waals surface area contributed by atoms with Crippen molar-refractivity contribution in [2.45, 2.75) is 33.6 Å². The second-order valence-corrected chi connectivity index (χ2v) is 5.67. The molecule has 0 radical (unpaired) electrons. The van der Waals surface area contributed by atoms with E-state index < -0.39 is 0 Å². The Morgan fingerprint density at radius 1 is 1.53 bits per heavy atom. The molecule has 0 spiro atoms. The van der Waals surface area contributed by atoms with Crippen LogP contribution < -0.4 is 11.1 Å².